The van der Waals surface area contributed by atoms with E-state index < -0.39 is 0 Å². The van der Waals surface area contributed by atoms with E-state index in [9.17, 15) is 9.59 Å². The number of anilines is 1. The predicted molar refractivity (Wildman–Crippen MR) is 101 cm³/mol. The molecule has 3 N–H and O–H groups in total. The summed E-state index contributed by atoms with van der Waals surface area (Å²) in [6.07, 6.45) is 3.66. The van der Waals surface area contributed by atoms with Crippen LogP contribution in [0.1, 0.15) is 25.7 Å². The van der Waals surface area contributed by atoms with E-state index in [1.54, 1.807) is 4.90 Å². The van der Waals surface area contributed by atoms with Crippen LogP contribution >= 0.6 is 12.4 Å². The number of hydrogen-bond acceptors (Lipinski definition) is 3. The van der Waals surface area contributed by atoms with Crippen LogP contribution in [0.3, 0.4) is 0 Å². The van der Waals surface area contributed by atoms with Crippen molar-refractivity contribution < 1.29 is 9.59 Å². The van der Waals surface area contributed by atoms with E-state index in [4.69, 9.17) is 5.73 Å². The van der Waals surface area contributed by atoms with E-state index >= 15 is 0 Å². The largest absolute Gasteiger partial charge is 0.341 e. The molecule has 0 saturated carbocycles. The highest BCUT2D eigenvalue weighted by molar-refractivity contribution is 5.90. The number of piperidine rings is 2. The van der Waals surface area contributed by atoms with E-state index in [0.717, 1.165) is 37.9 Å². The maximum Gasteiger partial charge on any atom is 0.321 e. The van der Waals surface area contributed by atoms with Gasteiger partial charge in [-0.2, -0.15) is 0 Å². The molecule has 0 aliphatic carbocycles. The molecule has 3 amide bonds. The number of likely N-dealkylation sites (tertiary alicyclic amines) is 2. The van der Waals surface area contributed by atoms with E-state index in [1.807, 2.05) is 35.2 Å². The lowest BCUT2D eigenvalue weighted by atomic mass is 9.95. The Balaban J connectivity index is 0.00000225. The molecule has 0 radical (unpaired) electrons. The average molecular weight is 367 g/mol. The Morgan fingerprint density at radius 3 is 2.40 bits per heavy atom. The third-order valence-corrected chi connectivity index (χ3v) is 4.85. The maximum absolute atomic E-state index is 12.7. The van der Waals surface area contributed by atoms with Gasteiger partial charge in [0.2, 0.25) is 5.91 Å². The van der Waals surface area contributed by atoms with Crippen LogP contribution in [-0.4, -0.2) is 54.0 Å². The lowest BCUT2D eigenvalue weighted by Crippen LogP contribution is -2.52. The average Bonchev–Trinajstić information content (AvgIpc) is 2.62. The van der Waals surface area contributed by atoms with Gasteiger partial charge in [-0.3, -0.25) is 4.79 Å². The van der Waals surface area contributed by atoms with Gasteiger partial charge in [0.05, 0.1) is 5.92 Å². The quantitative estimate of drug-likeness (QED) is 0.842. The Morgan fingerprint density at radius 2 is 1.68 bits per heavy atom. The van der Waals surface area contributed by atoms with E-state index in [2.05, 4.69) is 5.32 Å². The molecular weight excluding hydrogens is 340 g/mol. The van der Waals surface area contributed by atoms with E-state index in [-0.39, 0.29) is 36.3 Å². The lowest BCUT2D eigenvalue weighted by molar-refractivity contribution is -0.138. The summed E-state index contributed by atoms with van der Waals surface area (Å²) in [4.78, 5) is 28.8. The Hall–Kier alpha value is -1.79. The third-order valence-electron chi connectivity index (χ3n) is 4.85. The molecule has 0 bridgehead atoms. The van der Waals surface area contributed by atoms with Gasteiger partial charge in [0, 0.05) is 37.9 Å². The smallest absolute Gasteiger partial charge is 0.321 e. The van der Waals surface area contributed by atoms with Gasteiger partial charge in [0.1, 0.15) is 0 Å². The molecule has 2 saturated heterocycles. The van der Waals surface area contributed by atoms with Crippen LogP contribution in [0.15, 0.2) is 30.3 Å². The van der Waals surface area contributed by atoms with Crippen LogP contribution in [0.2, 0.25) is 0 Å². The van der Waals surface area contributed by atoms with Crippen LogP contribution < -0.4 is 11.1 Å². The van der Waals surface area contributed by atoms with Gasteiger partial charge in [-0.1, -0.05) is 18.2 Å². The van der Waals surface area contributed by atoms with Gasteiger partial charge >= 0.3 is 6.03 Å². The van der Waals surface area contributed by atoms with E-state index in [0.29, 0.717) is 19.6 Å². The number of rotatable bonds is 2. The summed E-state index contributed by atoms with van der Waals surface area (Å²) in [5.41, 5.74) is 6.76. The molecule has 138 valence electrons. The molecule has 1 aromatic rings. The van der Waals surface area contributed by atoms with Crippen LogP contribution in [0.25, 0.3) is 0 Å². The summed E-state index contributed by atoms with van der Waals surface area (Å²) in [6, 6.07) is 9.36. The topological polar surface area (TPSA) is 78.7 Å². The van der Waals surface area contributed by atoms with Crippen molar-refractivity contribution in [2.45, 2.75) is 31.7 Å². The number of carbonyl (C=O) groups is 2. The number of amides is 3. The van der Waals surface area contributed by atoms with Gasteiger partial charge in [-0.25, -0.2) is 4.79 Å². The summed E-state index contributed by atoms with van der Waals surface area (Å²) in [7, 11) is 0. The minimum atomic E-state index is -0.131. The maximum atomic E-state index is 12.7. The Labute approximate surface area is 155 Å². The van der Waals surface area contributed by atoms with Gasteiger partial charge in [-0.15, -0.1) is 12.4 Å². The van der Waals surface area contributed by atoms with Crippen molar-refractivity contribution >= 4 is 30.0 Å². The first-order chi connectivity index (χ1) is 11.6. The first-order valence-corrected chi connectivity index (χ1v) is 8.79. The van der Waals surface area contributed by atoms with Crippen LogP contribution in [0, 0.1) is 5.92 Å². The summed E-state index contributed by atoms with van der Waals surface area (Å²) >= 11 is 0. The van der Waals surface area contributed by atoms with Gasteiger partial charge in [0.15, 0.2) is 0 Å². The van der Waals surface area contributed by atoms with Crippen molar-refractivity contribution in [3.05, 3.63) is 30.3 Å². The molecule has 3 rings (SSSR count). The van der Waals surface area contributed by atoms with Crippen molar-refractivity contribution in [1.29, 1.82) is 0 Å². The number of urea groups is 1. The number of nitrogens with two attached hydrogens (primary N) is 1. The fraction of sp³-hybridized carbons (Fsp3) is 0.556. The number of hydrogen-bond donors (Lipinski definition) is 2. The van der Waals surface area contributed by atoms with Gasteiger partial charge < -0.3 is 20.9 Å². The molecule has 7 heteroatoms. The predicted octanol–water partition coefficient (Wildman–Crippen LogP) is 2.30. The first kappa shape index (κ1) is 19.5. The zero-order valence-corrected chi connectivity index (χ0v) is 15.2. The molecule has 25 heavy (non-hydrogen) atoms. The van der Waals surface area contributed by atoms with Crippen molar-refractivity contribution in [1.82, 2.24) is 9.80 Å². The highest BCUT2D eigenvalue weighted by atomic mass is 35.5. The molecular formula is C18H27ClN4O2. The minimum absolute atomic E-state index is 0. The van der Waals surface area contributed by atoms with Crippen LogP contribution in [0.4, 0.5) is 10.5 Å². The fourth-order valence-electron chi connectivity index (χ4n) is 3.56. The summed E-state index contributed by atoms with van der Waals surface area (Å²) < 4.78 is 0. The zero-order chi connectivity index (χ0) is 16.9. The molecule has 0 aromatic heterocycles. The summed E-state index contributed by atoms with van der Waals surface area (Å²) in [5.74, 6) is 0.0490. The van der Waals surface area contributed by atoms with Crippen molar-refractivity contribution in [3.8, 4) is 0 Å². The molecule has 1 aromatic carbocycles. The second kappa shape index (κ2) is 9.06. The molecule has 2 unspecified atom stereocenters. The summed E-state index contributed by atoms with van der Waals surface area (Å²) in [6.45, 7) is 2.62. The standard InChI is InChI=1S/C18H26N4O2.ClH/c19-15-7-5-10-21(13-15)17(23)14-6-4-11-22(12-14)18(24)20-16-8-2-1-3-9-16;/h1-3,8-9,14-15H,4-7,10-13,19H2,(H,20,24);1H. The van der Waals surface area contributed by atoms with Gasteiger partial charge in [0.25, 0.3) is 0 Å². The number of para-hydroxylation sites is 1. The van der Waals surface area contributed by atoms with Crippen molar-refractivity contribution in [3.63, 3.8) is 0 Å². The molecule has 2 heterocycles. The second-order valence-electron chi connectivity index (χ2n) is 6.77. The Kier molecular flexibility index (Phi) is 7.08. The number of nitrogens with zero attached hydrogens (tertiary/aromatic N) is 2. The van der Waals surface area contributed by atoms with E-state index in [1.165, 1.54) is 0 Å². The zero-order valence-electron chi connectivity index (χ0n) is 14.4. The third kappa shape index (κ3) is 5.09. The molecule has 2 aliphatic rings. The minimum Gasteiger partial charge on any atom is -0.341 e. The summed E-state index contributed by atoms with van der Waals surface area (Å²) in [5, 5.41) is 2.90. The Bertz CT molecular complexity index is 584. The molecule has 0 spiro atoms. The van der Waals surface area contributed by atoms with Crippen LogP contribution in [-0.2, 0) is 4.79 Å². The highest BCUT2D eigenvalue weighted by Crippen LogP contribution is 2.21. The first-order valence-electron chi connectivity index (χ1n) is 8.79. The van der Waals surface area contributed by atoms with Crippen LogP contribution in [0.5, 0.6) is 0 Å². The SMILES string of the molecule is Cl.NC1CCCN(C(=O)C2CCCN(C(=O)Nc3ccccc3)C2)C1. The molecule has 2 fully saturated rings. The normalized spacial score (nSPS) is 23.6. The molecule has 6 nitrogen and oxygen atoms in total. The number of halogens is 1. The monoisotopic (exact) mass is 366 g/mol. The lowest BCUT2D eigenvalue weighted by Gasteiger charge is -2.37. The van der Waals surface area contributed by atoms with Gasteiger partial charge in [-0.05, 0) is 37.8 Å². The number of nitrogens with one attached hydrogen (secondary N) is 1. The highest BCUT2D eigenvalue weighted by Gasteiger charge is 2.32. The number of benzene rings is 1. The fourth-order valence-corrected chi connectivity index (χ4v) is 3.56. The molecule has 2 atom stereocenters. The van der Waals surface area contributed by atoms with Crippen molar-refractivity contribution in [2.75, 3.05) is 31.5 Å². The number of carbonyl (C=O) groups excluding carboxylic acids is 2. The molecule has 2 aliphatic heterocycles. The second-order valence-corrected chi connectivity index (χ2v) is 6.77. The van der Waals surface area contributed by atoms with Crippen molar-refractivity contribution in [2.24, 2.45) is 11.7 Å². The Morgan fingerprint density at radius 1 is 1.00 bits per heavy atom.